The summed E-state index contributed by atoms with van der Waals surface area (Å²) in [7, 11) is 1.72. The van der Waals surface area contributed by atoms with Crippen LogP contribution in [0.1, 0.15) is 53.4 Å². The van der Waals surface area contributed by atoms with Crippen molar-refractivity contribution in [1.29, 1.82) is 0 Å². The molecular weight excluding hydrogens is 242 g/mol. The summed E-state index contributed by atoms with van der Waals surface area (Å²) in [4.78, 5) is 13.5. The van der Waals surface area contributed by atoms with Gasteiger partial charge in [0.25, 0.3) is 0 Å². The van der Waals surface area contributed by atoms with Crippen molar-refractivity contribution >= 4 is 5.97 Å². The maximum atomic E-state index is 11.1. The van der Waals surface area contributed by atoms with E-state index in [1.165, 1.54) is 0 Å². The zero-order valence-electron chi connectivity index (χ0n) is 13.2. The number of carboxylic acids is 1. The highest BCUT2D eigenvalue weighted by molar-refractivity contribution is 5.73. The molecule has 0 aromatic rings. The van der Waals surface area contributed by atoms with Gasteiger partial charge in [0.1, 0.15) is 0 Å². The van der Waals surface area contributed by atoms with E-state index in [0.29, 0.717) is 12.5 Å². The molecule has 0 aromatic carbocycles. The molecule has 0 heterocycles. The Hall–Kier alpha value is -0.610. The first kappa shape index (κ1) is 18.4. The van der Waals surface area contributed by atoms with Crippen LogP contribution in [0.2, 0.25) is 0 Å². The molecule has 0 aliphatic heterocycles. The summed E-state index contributed by atoms with van der Waals surface area (Å²) in [6.45, 7) is 10.6. The molecule has 0 aromatic heterocycles. The number of carboxylic acid groups (broad SMARTS) is 1. The third-order valence-electron chi connectivity index (χ3n) is 3.87. The normalized spacial score (nSPS) is 12.4. The van der Waals surface area contributed by atoms with Crippen LogP contribution in [0.4, 0.5) is 0 Å². The number of aliphatic carboxylic acids is 1. The summed E-state index contributed by atoms with van der Waals surface area (Å²) in [5, 5.41) is 9.12. The minimum Gasteiger partial charge on any atom is -0.481 e. The summed E-state index contributed by atoms with van der Waals surface area (Å²) in [5.41, 5.74) is -0.624. The standard InChI is InChI=1S/C15H31NO3/c1-6-13(7-2)16(11-12-19-5)10-8-9-15(3,4)14(17)18/h13H,6-12H2,1-5H3,(H,17,18). The number of ether oxygens (including phenoxy) is 1. The zero-order valence-corrected chi connectivity index (χ0v) is 13.2. The van der Waals surface area contributed by atoms with Crippen LogP contribution in [0.5, 0.6) is 0 Å². The van der Waals surface area contributed by atoms with Gasteiger partial charge >= 0.3 is 5.97 Å². The van der Waals surface area contributed by atoms with Gasteiger partial charge in [-0.2, -0.15) is 0 Å². The molecule has 0 spiro atoms. The van der Waals surface area contributed by atoms with Crippen LogP contribution in [-0.4, -0.2) is 48.8 Å². The van der Waals surface area contributed by atoms with Crippen molar-refractivity contribution in [2.75, 3.05) is 26.8 Å². The molecule has 0 unspecified atom stereocenters. The number of rotatable bonds is 11. The lowest BCUT2D eigenvalue weighted by molar-refractivity contribution is -0.147. The van der Waals surface area contributed by atoms with Crippen molar-refractivity contribution in [3.63, 3.8) is 0 Å². The third kappa shape index (κ3) is 6.92. The van der Waals surface area contributed by atoms with Gasteiger partial charge in [-0.3, -0.25) is 9.69 Å². The molecular formula is C15H31NO3. The second-order valence-corrected chi connectivity index (χ2v) is 5.79. The van der Waals surface area contributed by atoms with E-state index in [2.05, 4.69) is 18.7 Å². The molecule has 19 heavy (non-hydrogen) atoms. The molecule has 0 rings (SSSR count). The van der Waals surface area contributed by atoms with E-state index in [1.54, 1.807) is 21.0 Å². The van der Waals surface area contributed by atoms with E-state index in [0.717, 1.165) is 39.0 Å². The van der Waals surface area contributed by atoms with Crippen LogP contribution in [-0.2, 0) is 9.53 Å². The van der Waals surface area contributed by atoms with Crippen LogP contribution in [0.3, 0.4) is 0 Å². The Morgan fingerprint density at radius 3 is 2.26 bits per heavy atom. The van der Waals surface area contributed by atoms with E-state index in [4.69, 9.17) is 9.84 Å². The Labute approximate surface area is 118 Å². The Bertz CT molecular complexity index is 250. The topological polar surface area (TPSA) is 49.8 Å². The Morgan fingerprint density at radius 1 is 1.26 bits per heavy atom. The number of methoxy groups -OCH3 is 1. The number of carbonyl (C=O) groups is 1. The lowest BCUT2D eigenvalue weighted by Gasteiger charge is -2.31. The van der Waals surface area contributed by atoms with E-state index in [9.17, 15) is 4.79 Å². The van der Waals surface area contributed by atoms with Gasteiger partial charge in [0.2, 0.25) is 0 Å². The first-order valence-electron chi connectivity index (χ1n) is 7.35. The average Bonchev–Trinajstić information content (AvgIpc) is 2.36. The fourth-order valence-electron chi connectivity index (χ4n) is 2.32. The van der Waals surface area contributed by atoms with Crippen molar-refractivity contribution in [2.24, 2.45) is 5.41 Å². The fraction of sp³-hybridized carbons (Fsp3) is 0.933. The molecule has 0 radical (unpaired) electrons. The predicted octanol–water partition coefficient (Wildman–Crippen LogP) is 3.01. The summed E-state index contributed by atoms with van der Waals surface area (Å²) < 4.78 is 5.16. The zero-order chi connectivity index (χ0) is 14.9. The lowest BCUT2D eigenvalue weighted by Crippen LogP contribution is -2.38. The molecule has 0 fully saturated rings. The minimum absolute atomic E-state index is 0.572. The van der Waals surface area contributed by atoms with Crippen LogP contribution in [0.15, 0.2) is 0 Å². The molecule has 0 saturated heterocycles. The SMILES string of the molecule is CCC(CC)N(CCCC(C)(C)C(=O)O)CCOC. The molecule has 0 aliphatic rings. The molecule has 0 bridgehead atoms. The quantitative estimate of drug-likeness (QED) is 0.628. The van der Waals surface area contributed by atoms with Crippen molar-refractivity contribution < 1.29 is 14.6 Å². The molecule has 1 N–H and O–H groups in total. The smallest absolute Gasteiger partial charge is 0.309 e. The Morgan fingerprint density at radius 2 is 1.84 bits per heavy atom. The van der Waals surface area contributed by atoms with Crippen molar-refractivity contribution in [3.8, 4) is 0 Å². The van der Waals surface area contributed by atoms with Crippen LogP contribution < -0.4 is 0 Å². The van der Waals surface area contributed by atoms with Gasteiger partial charge in [-0.25, -0.2) is 0 Å². The van der Waals surface area contributed by atoms with Crippen molar-refractivity contribution in [2.45, 2.75) is 59.4 Å². The van der Waals surface area contributed by atoms with Gasteiger partial charge in [-0.05, 0) is 46.1 Å². The average molecular weight is 273 g/mol. The van der Waals surface area contributed by atoms with Gasteiger partial charge in [0.15, 0.2) is 0 Å². The van der Waals surface area contributed by atoms with E-state index >= 15 is 0 Å². The summed E-state index contributed by atoms with van der Waals surface area (Å²) in [6, 6.07) is 0.572. The van der Waals surface area contributed by atoms with Gasteiger partial charge in [0, 0.05) is 19.7 Å². The van der Waals surface area contributed by atoms with E-state index in [1.807, 2.05) is 0 Å². The van der Waals surface area contributed by atoms with Crippen LogP contribution in [0, 0.1) is 5.41 Å². The molecule has 0 atom stereocenters. The number of nitrogens with zero attached hydrogens (tertiary/aromatic N) is 1. The van der Waals surface area contributed by atoms with Gasteiger partial charge < -0.3 is 9.84 Å². The molecule has 0 amide bonds. The first-order chi connectivity index (χ1) is 8.88. The Balaban J connectivity index is 4.29. The van der Waals surface area contributed by atoms with Gasteiger partial charge in [-0.15, -0.1) is 0 Å². The number of hydrogen-bond donors (Lipinski definition) is 1. The van der Waals surface area contributed by atoms with Crippen molar-refractivity contribution in [3.05, 3.63) is 0 Å². The maximum Gasteiger partial charge on any atom is 0.309 e. The van der Waals surface area contributed by atoms with Crippen molar-refractivity contribution in [1.82, 2.24) is 4.90 Å². The summed E-state index contributed by atoms with van der Waals surface area (Å²) in [5.74, 6) is -0.710. The molecule has 114 valence electrons. The van der Waals surface area contributed by atoms with E-state index < -0.39 is 11.4 Å². The Kier molecular flexibility index (Phi) is 9.02. The second-order valence-electron chi connectivity index (χ2n) is 5.79. The predicted molar refractivity (Wildman–Crippen MR) is 78.5 cm³/mol. The first-order valence-corrected chi connectivity index (χ1v) is 7.35. The van der Waals surface area contributed by atoms with E-state index in [-0.39, 0.29) is 0 Å². The largest absolute Gasteiger partial charge is 0.481 e. The fourth-order valence-corrected chi connectivity index (χ4v) is 2.32. The van der Waals surface area contributed by atoms with Gasteiger partial charge in [-0.1, -0.05) is 13.8 Å². The molecule has 4 nitrogen and oxygen atoms in total. The highest BCUT2D eigenvalue weighted by Gasteiger charge is 2.27. The third-order valence-corrected chi connectivity index (χ3v) is 3.87. The van der Waals surface area contributed by atoms with Crippen LogP contribution in [0.25, 0.3) is 0 Å². The maximum absolute atomic E-state index is 11.1. The lowest BCUT2D eigenvalue weighted by atomic mass is 9.88. The highest BCUT2D eigenvalue weighted by Crippen LogP contribution is 2.23. The number of hydrogen-bond acceptors (Lipinski definition) is 3. The van der Waals surface area contributed by atoms with Gasteiger partial charge in [0.05, 0.1) is 12.0 Å². The summed E-state index contributed by atoms with van der Waals surface area (Å²) >= 11 is 0. The monoisotopic (exact) mass is 273 g/mol. The minimum atomic E-state index is -0.710. The highest BCUT2D eigenvalue weighted by atomic mass is 16.5. The van der Waals surface area contributed by atoms with Crippen LogP contribution >= 0.6 is 0 Å². The second kappa shape index (κ2) is 9.32. The molecule has 0 saturated carbocycles. The molecule has 4 heteroatoms. The molecule has 0 aliphatic carbocycles. The summed E-state index contributed by atoms with van der Waals surface area (Å²) in [6.07, 6.45) is 3.89.